The number of hydrogen-bond acceptors (Lipinski definition) is 5. The Kier molecular flexibility index (Phi) is 6.68. The Morgan fingerprint density at radius 1 is 1.15 bits per heavy atom. The second kappa shape index (κ2) is 8.96. The molecule has 2 rings (SSSR count). The summed E-state index contributed by atoms with van der Waals surface area (Å²) in [7, 11) is 1.45. The zero-order valence-corrected chi connectivity index (χ0v) is 15.1. The predicted molar refractivity (Wildman–Crippen MR) is 97.0 cm³/mol. The topological polar surface area (TPSA) is 88.6 Å². The number of halogens is 1. The van der Waals surface area contributed by atoms with E-state index < -0.39 is 18.5 Å². The van der Waals surface area contributed by atoms with Crippen LogP contribution in [-0.2, 0) is 14.3 Å². The molecule has 0 atom stereocenters. The van der Waals surface area contributed by atoms with E-state index in [9.17, 15) is 14.4 Å². The van der Waals surface area contributed by atoms with E-state index >= 15 is 0 Å². The van der Waals surface area contributed by atoms with E-state index in [1.165, 1.54) is 30.3 Å². The molecule has 0 bridgehead atoms. The normalized spacial score (nSPS) is 10.1. The fraction of sp³-hybridized carbons (Fsp3) is 0.222. The van der Waals surface area contributed by atoms with Gasteiger partial charge in [0.1, 0.15) is 5.15 Å². The molecular formula is C18H18ClN3O4. The van der Waals surface area contributed by atoms with Crippen molar-refractivity contribution in [3.8, 4) is 0 Å². The van der Waals surface area contributed by atoms with E-state index in [1.807, 2.05) is 19.1 Å². The molecule has 7 nitrogen and oxygen atoms in total. The van der Waals surface area contributed by atoms with Crippen molar-refractivity contribution in [2.45, 2.75) is 6.92 Å². The highest BCUT2D eigenvalue weighted by Crippen LogP contribution is 2.09. The standard InChI is InChI=1S/C18H18ClN3O4/c1-12-3-6-14(7-4-12)21-16(23)10-22(2)17(24)11-26-18(25)13-5-8-15(19)20-9-13/h3-9H,10-11H2,1-2H3,(H,21,23). The molecule has 0 unspecified atom stereocenters. The van der Waals surface area contributed by atoms with Gasteiger partial charge in [-0.1, -0.05) is 29.3 Å². The molecule has 0 saturated carbocycles. The van der Waals surface area contributed by atoms with Crippen LogP contribution in [0.2, 0.25) is 5.15 Å². The van der Waals surface area contributed by atoms with Crippen LogP contribution < -0.4 is 5.32 Å². The number of pyridine rings is 1. The van der Waals surface area contributed by atoms with E-state index in [-0.39, 0.29) is 23.2 Å². The molecule has 0 aliphatic heterocycles. The van der Waals surface area contributed by atoms with Crippen molar-refractivity contribution in [3.05, 3.63) is 58.9 Å². The minimum atomic E-state index is -0.694. The summed E-state index contributed by atoms with van der Waals surface area (Å²) in [5.74, 6) is -1.54. The molecule has 0 spiro atoms. The van der Waals surface area contributed by atoms with Crippen LogP contribution >= 0.6 is 11.6 Å². The number of carbonyl (C=O) groups is 3. The van der Waals surface area contributed by atoms with Crippen LogP contribution in [0.1, 0.15) is 15.9 Å². The molecule has 1 aromatic heterocycles. The molecule has 0 fully saturated rings. The molecule has 136 valence electrons. The average molecular weight is 376 g/mol. The van der Waals surface area contributed by atoms with Crippen molar-refractivity contribution >= 4 is 35.1 Å². The maximum absolute atomic E-state index is 12.0. The number of amides is 2. The molecule has 0 radical (unpaired) electrons. The van der Waals surface area contributed by atoms with Gasteiger partial charge in [0.15, 0.2) is 6.61 Å². The zero-order valence-electron chi connectivity index (χ0n) is 14.4. The van der Waals surface area contributed by atoms with Crippen molar-refractivity contribution < 1.29 is 19.1 Å². The number of ether oxygens (including phenoxy) is 1. The third-order valence-corrected chi connectivity index (χ3v) is 3.66. The fourth-order valence-corrected chi connectivity index (χ4v) is 2.07. The van der Waals surface area contributed by atoms with Crippen molar-refractivity contribution in [1.29, 1.82) is 0 Å². The Hall–Kier alpha value is -2.93. The van der Waals surface area contributed by atoms with Gasteiger partial charge in [-0.15, -0.1) is 0 Å². The molecule has 1 aromatic carbocycles. The first kappa shape index (κ1) is 19.4. The second-order valence-electron chi connectivity index (χ2n) is 5.61. The third kappa shape index (κ3) is 5.86. The monoisotopic (exact) mass is 375 g/mol. The average Bonchev–Trinajstić information content (AvgIpc) is 2.61. The van der Waals surface area contributed by atoms with Crippen molar-refractivity contribution in [1.82, 2.24) is 9.88 Å². The zero-order chi connectivity index (χ0) is 19.1. The third-order valence-electron chi connectivity index (χ3n) is 3.43. The first-order valence-electron chi connectivity index (χ1n) is 7.74. The number of hydrogen-bond donors (Lipinski definition) is 1. The van der Waals surface area contributed by atoms with Crippen LogP contribution in [0, 0.1) is 6.92 Å². The number of esters is 1. The maximum atomic E-state index is 12.0. The van der Waals surface area contributed by atoms with E-state index in [4.69, 9.17) is 16.3 Å². The predicted octanol–water partition coefficient (Wildman–Crippen LogP) is 2.30. The first-order chi connectivity index (χ1) is 12.3. The fourth-order valence-electron chi connectivity index (χ4n) is 1.96. The molecule has 2 aromatic rings. The van der Waals surface area contributed by atoms with Crippen molar-refractivity contribution in [2.24, 2.45) is 0 Å². The summed E-state index contributed by atoms with van der Waals surface area (Å²) in [5, 5.41) is 2.94. The van der Waals surface area contributed by atoms with E-state index in [0.29, 0.717) is 5.69 Å². The number of likely N-dealkylation sites (N-methyl/N-ethyl adjacent to an activating group) is 1. The summed E-state index contributed by atoms with van der Waals surface area (Å²) >= 11 is 5.64. The van der Waals surface area contributed by atoms with Gasteiger partial charge in [0.25, 0.3) is 5.91 Å². The summed E-state index contributed by atoms with van der Waals surface area (Å²) in [6.07, 6.45) is 1.26. The van der Waals surface area contributed by atoms with Crippen LogP contribution in [0.3, 0.4) is 0 Å². The molecular weight excluding hydrogens is 358 g/mol. The number of benzene rings is 1. The molecule has 0 aliphatic rings. The number of nitrogens with one attached hydrogen (secondary N) is 1. The van der Waals surface area contributed by atoms with Gasteiger partial charge < -0.3 is 15.0 Å². The van der Waals surface area contributed by atoms with Gasteiger partial charge in [0.2, 0.25) is 5.91 Å². The van der Waals surface area contributed by atoms with Crippen LogP contribution in [0.25, 0.3) is 0 Å². The van der Waals surface area contributed by atoms with Crippen LogP contribution in [0.4, 0.5) is 5.69 Å². The molecule has 1 heterocycles. The van der Waals surface area contributed by atoms with Crippen molar-refractivity contribution in [2.75, 3.05) is 25.5 Å². The highest BCUT2D eigenvalue weighted by Gasteiger charge is 2.16. The number of anilines is 1. The number of aromatic nitrogens is 1. The minimum Gasteiger partial charge on any atom is -0.452 e. The van der Waals surface area contributed by atoms with E-state index in [0.717, 1.165) is 5.56 Å². The summed E-state index contributed by atoms with van der Waals surface area (Å²) < 4.78 is 4.92. The molecule has 26 heavy (non-hydrogen) atoms. The Labute approximate surface area is 155 Å². The lowest BCUT2D eigenvalue weighted by molar-refractivity contribution is -0.136. The quantitative estimate of drug-likeness (QED) is 0.618. The van der Waals surface area contributed by atoms with Gasteiger partial charge in [0, 0.05) is 18.9 Å². The number of carbonyl (C=O) groups excluding carboxylic acids is 3. The van der Waals surface area contributed by atoms with Gasteiger partial charge in [-0.2, -0.15) is 0 Å². The van der Waals surface area contributed by atoms with Gasteiger partial charge in [-0.25, -0.2) is 9.78 Å². The molecule has 0 aliphatic carbocycles. The van der Waals surface area contributed by atoms with Gasteiger partial charge in [0.05, 0.1) is 12.1 Å². The van der Waals surface area contributed by atoms with Gasteiger partial charge in [-0.3, -0.25) is 9.59 Å². The summed E-state index contributed by atoms with van der Waals surface area (Å²) in [6.45, 7) is 1.31. The molecule has 2 amide bonds. The van der Waals surface area contributed by atoms with Crippen LogP contribution in [-0.4, -0.2) is 47.9 Å². The van der Waals surface area contributed by atoms with Gasteiger partial charge >= 0.3 is 5.97 Å². The first-order valence-corrected chi connectivity index (χ1v) is 8.12. The Bertz CT molecular complexity index is 791. The summed E-state index contributed by atoms with van der Waals surface area (Å²) in [6, 6.07) is 10.2. The molecule has 0 saturated heterocycles. The van der Waals surface area contributed by atoms with Gasteiger partial charge in [-0.05, 0) is 31.2 Å². The minimum absolute atomic E-state index is 0.160. The van der Waals surface area contributed by atoms with Crippen LogP contribution in [0.5, 0.6) is 0 Å². The van der Waals surface area contributed by atoms with E-state index in [2.05, 4.69) is 10.3 Å². The molecule has 1 N–H and O–H groups in total. The highest BCUT2D eigenvalue weighted by atomic mass is 35.5. The number of rotatable bonds is 6. The van der Waals surface area contributed by atoms with Crippen LogP contribution in [0.15, 0.2) is 42.6 Å². The number of nitrogens with zero attached hydrogens (tertiary/aromatic N) is 2. The Morgan fingerprint density at radius 3 is 2.46 bits per heavy atom. The maximum Gasteiger partial charge on any atom is 0.340 e. The summed E-state index contributed by atoms with van der Waals surface area (Å²) in [4.78, 5) is 40.7. The largest absolute Gasteiger partial charge is 0.452 e. The SMILES string of the molecule is Cc1ccc(NC(=O)CN(C)C(=O)COC(=O)c2ccc(Cl)nc2)cc1. The smallest absolute Gasteiger partial charge is 0.340 e. The number of aryl methyl sites for hydroxylation is 1. The Morgan fingerprint density at radius 2 is 1.85 bits per heavy atom. The lowest BCUT2D eigenvalue weighted by atomic mass is 10.2. The highest BCUT2D eigenvalue weighted by molar-refractivity contribution is 6.29. The molecule has 8 heteroatoms. The second-order valence-corrected chi connectivity index (χ2v) is 6.00. The van der Waals surface area contributed by atoms with Crippen molar-refractivity contribution in [3.63, 3.8) is 0 Å². The Balaban J connectivity index is 1.79. The lowest BCUT2D eigenvalue weighted by Crippen LogP contribution is -2.37. The lowest BCUT2D eigenvalue weighted by Gasteiger charge is -2.16. The van der Waals surface area contributed by atoms with E-state index in [1.54, 1.807) is 12.1 Å². The summed E-state index contributed by atoms with van der Waals surface area (Å²) in [5.41, 5.74) is 1.90.